The summed E-state index contributed by atoms with van der Waals surface area (Å²) < 4.78 is 1.51. The molecule has 7 heavy (non-hydrogen) atoms. The van der Waals surface area contributed by atoms with Crippen molar-refractivity contribution in [3.63, 3.8) is 0 Å². The molecule has 0 aliphatic heterocycles. The SMILES string of the molecule is CC1=[C]([2Ti])CC=C1. The molecule has 0 saturated heterocycles. The molecule has 0 heterocycles. The summed E-state index contributed by atoms with van der Waals surface area (Å²) in [4.78, 5) is 0. The summed E-state index contributed by atoms with van der Waals surface area (Å²) in [5.41, 5.74) is 1.44. The van der Waals surface area contributed by atoms with E-state index in [1.165, 1.54) is 15.9 Å². The van der Waals surface area contributed by atoms with Crippen LogP contribution in [0.2, 0.25) is 0 Å². The topological polar surface area (TPSA) is 0 Å². The second-order valence-corrected chi connectivity index (χ2v) is 2.71. The third-order valence-electron chi connectivity index (χ3n) is 1.17. The summed E-state index contributed by atoms with van der Waals surface area (Å²) >= 11 is 2.18. The van der Waals surface area contributed by atoms with Crippen molar-refractivity contribution in [2.75, 3.05) is 0 Å². The predicted molar refractivity (Wildman–Crippen MR) is 26.5 cm³/mol. The van der Waals surface area contributed by atoms with E-state index < -0.39 is 0 Å². The molecular formula is C6H7Ti. The van der Waals surface area contributed by atoms with Crippen molar-refractivity contribution in [1.82, 2.24) is 0 Å². The minimum atomic E-state index is 1.17. The molecule has 0 amide bonds. The standard InChI is InChI=1S/C6H7.Ti/c1-6-4-2-3-5-6;/h2,4H,3H2,1H3;/i;1-46. The van der Waals surface area contributed by atoms with Crippen LogP contribution in [0, 0.1) is 0 Å². The van der Waals surface area contributed by atoms with E-state index in [9.17, 15) is 0 Å². The Hall–Kier alpha value is 0.194. The first-order valence-corrected chi connectivity index (χ1v) is 3.16. The van der Waals surface area contributed by atoms with E-state index in [1.54, 1.807) is 0 Å². The number of allylic oxidation sites excluding steroid dienone is 4. The summed E-state index contributed by atoms with van der Waals surface area (Å²) in [6.45, 7) is 2.15. The van der Waals surface area contributed by atoms with Gasteiger partial charge in [0.15, 0.2) is 0 Å². The van der Waals surface area contributed by atoms with E-state index in [2.05, 4.69) is 39.5 Å². The molecule has 0 spiro atoms. The molecule has 35 valence electrons. The number of hydrogen-bond acceptors (Lipinski definition) is 0. The van der Waals surface area contributed by atoms with Gasteiger partial charge in [0.1, 0.15) is 0 Å². The molecule has 0 fully saturated rings. The Morgan fingerprint density at radius 3 is 2.57 bits per heavy atom. The first-order chi connectivity index (χ1) is 3.30. The Bertz CT molecular complexity index is 131. The van der Waals surface area contributed by atoms with Gasteiger partial charge in [-0.2, -0.15) is 0 Å². The van der Waals surface area contributed by atoms with Crippen LogP contribution < -0.4 is 0 Å². The molecular weight excluding hydrogens is 74.1 g/mol. The molecule has 0 aromatic rings. The Labute approximate surface area is 55.7 Å². The van der Waals surface area contributed by atoms with Gasteiger partial charge >= 0.3 is 55.4 Å². The van der Waals surface area contributed by atoms with Crippen LogP contribution in [0.25, 0.3) is 0 Å². The van der Waals surface area contributed by atoms with Crippen LogP contribution in [0.3, 0.4) is 0 Å². The van der Waals surface area contributed by atoms with Crippen LogP contribution in [-0.2, 0) is 20.4 Å². The van der Waals surface area contributed by atoms with E-state index in [0.717, 1.165) is 0 Å². The Balaban J connectivity index is 2.79. The molecule has 0 N–H and O–H groups in total. The van der Waals surface area contributed by atoms with Crippen LogP contribution in [0.5, 0.6) is 0 Å². The molecule has 0 bridgehead atoms. The zero-order valence-corrected chi connectivity index (χ0v) is 5.92. The van der Waals surface area contributed by atoms with E-state index in [0.29, 0.717) is 0 Å². The van der Waals surface area contributed by atoms with Gasteiger partial charge in [-0.15, -0.1) is 0 Å². The Kier molecular flexibility index (Phi) is 1.51. The minimum absolute atomic E-state index is 1.17. The second kappa shape index (κ2) is 1.98. The van der Waals surface area contributed by atoms with E-state index in [-0.39, 0.29) is 0 Å². The summed E-state index contributed by atoms with van der Waals surface area (Å²) in [5.74, 6) is 0. The van der Waals surface area contributed by atoms with Gasteiger partial charge in [-0.25, -0.2) is 0 Å². The molecule has 1 aliphatic carbocycles. The van der Waals surface area contributed by atoms with Crippen LogP contribution in [-0.4, -0.2) is 0 Å². The fourth-order valence-electron chi connectivity index (χ4n) is 0.615. The molecule has 0 saturated carbocycles. The van der Waals surface area contributed by atoms with Crippen molar-refractivity contribution in [2.24, 2.45) is 0 Å². The van der Waals surface area contributed by atoms with Crippen molar-refractivity contribution in [3.05, 3.63) is 21.6 Å². The fourth-order valence-corrected chi connectivity index (χ4v) is 0.929. The van der Waals surface area contributed by atoms with Crippen LogP contribution >= 0.6 is 0 Å². The van der Waals surface area contributed by atoms with Crippen molar-refractivity contribution in [1.29, 1.82) is 0 Å². The van der Waals surface area contributed by atoms with Crippen molar-refractivity contribution in [3.8, 4) is 0 Å². The molecule has 0 radical (unpaired) electrons. The van der Waals surface area contributed by atoms with Gasteiger partial charge in [0.2, 0.25) is 0 Å². The zero-order valence-electron chi connectivity index (χ0n) is 4.36. The zero-order chi connectivity index (χ0) is 5.28. The first-order valence-electron chi connectivity index (χ1n) is 2.38. The van der Waals surface area contributed by atoms with Gasteiger partial charge in [0.25, 0.3) is 0 Å². The first kappa shape index (κ1) is 5.33. The van der Waals surface area contributed by atoms with Crippen molar-refractivity contribution >= 4 is 0 Å². The van der Waals surface area contributed by atoms with Crippen LogP contribution in [0.1, 0.15) is 13.3 Å². The van der Waals surface area contributed by atoms with E-state index >= 15 is 0 Å². The Morgan fingerprint density at radius 1 is 1.71 bits per heavy atom. The number of rotatable bonds is 0. The Morgan fingerprint density at radius 2 is 2.43 bits per heavy atom. The number of hydrogen-bond donors (Lipinski definition) is 0. The second-order valence-electron chi connectivity index (χ2n) is 1.77. The molecule has 1 aliphatic rings. The molecule has 0 aromatic heterocycles. The summed E-state index contributed by atoms with van der Waals surface area (Å²) in [5, 5.41) is 0. The summed E-state index contributed by atoms with van der Waals surface area (Å²) in [6.07, 6.45) is 5.55. The normalized spacial score (nSPS) is 18.9. The van der Waals surface area contributed by atoms with E-state index in [1.807, 2.05) is 0 Å². The average molecular weight is 81.1 g/mol. The quantitative estimate of drug-likeness (QED) is 0.390. The molecule has 0 aromatic carbocycles. The van der Waals surface area contributed by atoms with Gasteiger partial charge in [-0.1, -0.05) is 0 Å². The molecule has 1 heteroatoms. The molecule has 0 nitrogen and oxygen atoms in total. The van der Waals surface area contributed by atoms with Crippen LogP contribution in [0.4, 0.5) is 0 Å². The van der Waals surface area contributed by atoms with Gasteiger partial charge < -0.3 is 0 Å². The van der Waals surface area contributed by atoms with Crippen molar-refractivity contribution < 1.29 is 20.4 Å². The van der Waals surface area contributed by atoms with Crippen LogP contribution in [0.15, 0.2) is 21.6 Å². The predicted octanol–water partition coefficient (Wildman–Crippen LogP) is 1.77. The average Bonchev–Trinajstić information content (AvgIpc) is 1.91. The van der Waals surface area contributed by atoms with Gasteiger partial charge in [0.05, 0.1) is 0 Å². The molecule has 1 rings (SSSR count). The van der Waals surface area contributed by atoms with E-state index in [4.69, 9.17) is 0 Å². The maximum atomic E-state index is 2.20. The van der Waals surface area contributed by atoms with Gasteiger partial charge in [0, 0.05) is 0 Å². The molecule has 0 atom stereocenters. The maximum absolute atomic E-state index is 2.20. The third-order valence-corrected chi connectivity index (χ3v) is 2.10. The van der Waals surface area contributed by atoms with Gasteiger partial charge in [-0.3, -0.25) is 0 Å². The summed E-state index contributed by atoms with van der Waals surface area (Å²) in [7, 11) is 0. The van der Waals surface area contributed by atoms with Gasteiger partial charge in [-0.05, 0) is 0 Å². The van der Waals surface area contributed by atoms with Crippen molar-refractivity contribution in [2.45, 2.75) is 13.3 Å². The monoisotopic (exact) mass is 81.1 g/mol. The molecule has 0 unspecified atom stereocenters. The fraction of sp³-hybridized carbons (Fsp3) is 0.333. The third kappa shape index (κ3) is 1.05. The summed E-state index contributed by atoms with van der Waals surface area (Å²) in [6, 6.07) is 0.